The number of hydrogen-bond acceptors (Lipinski definition) is 1. The van der Waals surface area contributed by atoms with Crippen LogP contribution in [-0.4, -0.2) is 29.9 Å². The first-order chi connectivity index (χ1) is 4.74. The van der Waals surface area contributed by atoms with E-state index in [4.69, 9.17) is 11.6 Å². The van der Waals surface area contributed by atoms with E-state index >= 15 is 0 Å². The molecule has 0 radical (unpaired) electrons. The van der Waals surface area contributed by atoms with Crippen molar-refractivity contribution in [3.63, 3.8) is 0 Å². The molecular formula is C8H17Cl2N. The number of nitrogens with zero attached hydrogens (tertiary/aromatic N) is 1. The Morgan fingerprint density at radius 3 is 2.64 bits per heavy atom. The fourth-order valence-electron chi connectivity index (χ4n) is 1.47. The van der Waals surface area contributed by atoms with Crippen molar-refractivity contribution < 1.29 is 0 Å². The maximum absolute atomic E-state index is 5.74. The Balaban J connectivity index is 0.000001000. The molecule has 11 heavy (non-hydrogen) atoms. The van der Waals surface area contributed by atoms with Gasteiger partial charge in [0.2, 0.25) is 0 Å². The van der Waals surface area contributed by atoms with Gasteiger partial charge in [0.05, 0.1) is 0 Å². The molecule has 1 aliphatic rings. The minimum Gasteiger partial charge on any atom is -0.299 e. The number of rotatable bonds is 2. The fourth-order valence-corrected chi connectivity index (χ4v) is 1.66. The molecule has 3 heteroatoms. The van der Waals surface area contributed by atoms with Crippen molar-refractivity contribution in [2.45, 2.75) is 26.3 Å². The van der Waals surface area contributed by atoms with E-state index in [9.17, 15) is 0 Å². The Labute approximate surface area is 80.5 Å². The zero-order valence-electron chi connectivity index (χ0n) is 7.22. The molecule has 1 nitrogen and oxygen atoms in total. The summed E-state index contributed by atoms with van der Waals surface area (Å²) in [6, 6.07) is 0.576. The first kappa shape index (κ1) is 11.5. The van der Waals surface area contributed by atoms with Crippen LogP contribution >= 0.6 is 24.0 Å². The smallest absolute Gasteiger partial charge is 0.0376 e. The zero-order chi connectivity index (χ0) is 7.56. The van der Waals surface area contributed by atoms with Crippen LogP contribution in [0, 0.1) is 5.92 Å². The van der Waals surface area contributed by atoms with Crippen LogP contribution in [0.3, 0.4) is 0 Å². The van der Waals surface area contributed by atoms with Crippen molar-refractivity contribution in [1.29, 1.82) is 0 Å². The molecule has 0 N–H and O–H groups in total. The lowest BCUT2D eigenvalue weighted by atomic mass is 10.2. The van der Waals surface area contributed by atoms with Gasteiger partial charge in [-0.15, -0.1) is 24.0 Å². The minimum absolute atomic E-state index is 0. The highest BCUT2D eigenvalue weighted by Gasteiger charge is 2.21. The minimum atomic E-state index is 0. The summed E-state index contributed by atoms with van der Waals surface area (Å²) in [5.74, 6) is 1.65. The van der Waals surface area contributed by atoms with Crippen molar-refractivity contribution in [2.75, 3.05) is 19.0 Å². The van der Waals surface area contributed by atoms with E-state index in [1.807, 2.05) is 0 Å². The van der Waals surface area contributed by atoms with Gasteiger partial charge < -0.3 is 0 Å². The van der Waals surface area contributed by atoms with Crippen LogP contribution in [0.25, 0.3) is 0 Å². The van der Waals surface area contributed by atoms with E-state index in [0.717, 1.165) is 11.8 Å². The Morgan fingerprint density at radius 2 is 2.27 bits per heavy atom. The third kappa shape index (κ3) is 3.18. The standard InChI is InChI=1S/C8H16ClN.ClH/c1-7-3-4-10(6-7)8(2)5-9;/h7-8H,3-6H2,1-2H3;1H/t7-,8+;/m1./s1. The van der Waals surface area contributed by atoms with E-state index < -0.39 is 0 Å². The fraction of sp³-hybridized carbons (Fsp3) is 1.00. The Morgan fingerprint density at radius 1 is 1.64 bits per heavy atom. The van der Waals surface area contributed by atoms with Gasteiger partial charge in [0.15, 0.2) is 0 Å². The Kier molecular flexibility index (Phi) is 5.49. The molecule has 0 aromatic carbocycles. The topological polar surface area (TPSA) is 3.24 Å². The van der Waals surface area contributed by atoms with Crippen LogP contribution in [0.5, 0.6) is 0 Å². The number of alkyl halides is 1. The normalized spacial score (nSPS) is 28.1. The Hall–Kier alpha value is 0.540. The van der Waals surface area contributed by atoms with Crippen LogP contribution < -0.4 is 0 Å². The molecule has 2 atom stereocenters. The highest BCUT2D eigenvalue weighted by Crippen LogP contribution is 2.17. The monoisotopic (exact) mass is 197 g/mol. The van der Waals surface area contributed by atoms with Gasteiger partial charge >= 0.3 is 0 Å². The lowest BCUT2D eigenvalue weighted by Crippen LogP contribution is -2.31. The largest absolute Gasteiger partial charge is 0.299 e. The summed E-state index contributed by atoms with van der Waals surface area (Å²) in [5, 5.41) is 0. The van der Waals surface area contributed by atoms with Crippen LogP contribution in [0.4, 0.5) is 0 Å². The summed E-state index contributed by atoms with van der Waals surface area (Å²) in [6.45, 7) is 6.99. The van der Waals surface area contributed by atoms with E-state index in [1.54, 1.807) is 0 Å². The summed E-state index contributed by atoms with van der Waals surface area (Å²) in [4.78, 5) is 2.47. The van der Waals surface area contributed by atoms with Gasteiger partial charge in [0, 0.05) is 18.5 Å². The molecule has 0 unspecified atom stereocenters. The molecule has 0 aromatic rings. The van der Waals surface area contributed by atoms with Gasteiger partial charge in [-0.3, -0.25) is 4.90 Å². The first-order valence-electron chi connectivity index (χ1n) is 4.04. The second kappa shape index (κ2) is 5.23. The third-order valence-corrected chi connectivity index (χ3v) is 2.75. The van der Waals surface area contributed by atoms with Gasteiger partial charge in [-0.25, -0.2) is 0 Å². The molecule has 0 amide bonds. The molecule has 0 aromatic heterocycles. The summed E-state index contributed by atoms with van der Waals surface area (Å²) < 4.78 is 0. The van der Waals surface area contributed by atoms with Gasteiger partial charge in [-0.05, 0) is 25.8 Å². The van der Waals surface area contributed by atoms with Gasteiger partial charge in [0.1, 0.15) is 0 Å². The van der Waals surface area contributed by atoms with E-state index in [2.05, 4.69) is 18.7 Å². The van der Waals surface area contributed by atoms with Gasteiger partial charge in [-0.1, -0.05) is 6.92 Å². The summed E-state index contributed by atoms with van der Waals surface area (Å²) in [5.41, 5.74) is 0. The highest BCUT2D eigenvalue weighted by atomic mass is 35.5. The second-order valence-corrected chi connectivity index (χ2v) is 3.70. The molecule has 0 bridgehead atoms. The predicted octanol–water partition coefficient (Wildman–Crippen LogP) is 2.38. The zero-order valence-corrected chi connectivity index (χ0v) is 8.79. The van der Waals surface area contributed by atoms with Crippen molar-refractivity contribution in [3.8, 4) is 0 Å². The van der Waals surface area contributed by atoms with E-state index in [-0.39, 0.29) is 12.4 Å². The first-order valence-corrected chi connectivity index (χ1v) is 4.57. The average Bonchev–Trinajstić information content (AvgIpc) is 2.34. The van der Waals surface area contributed by atoms with Crippen molar-refractivity contribution in [2.24, 2.45) is 5.92 Å². The molecule has 0 aliphatic carbocycles. The molecule has 1 rings (SSSR count). The summed E-state index contributed by atoms with van der Waals surface area (Å²) >= 11 is 5.74. The average molecular weight is 198 g/mol. The summed E-state index contributed by atoms with van der Waals surface area (Å²) in [7, 11) is 0. The predicted molar refractivity (Wildman–Crippen MR) is 52.8 cm³/mol. The molecule has 1 saturated heterocycles. The molecule has 0 spiro atoms. The van der Waals surface area contributed by atoms with Crippen molar-refractivity contribution in [1.82, 2.24) is 4.90 Å². The Bertz CT molecular complexity index is 108. The maximum atomic E-state index is 5.74. The maximum Gasteiger partial charge on any atom is 0.0376 e. The molecule has 1 aliphatic heterocycles. The number of hydrogen-bond donors (Lipinski definition) is 0. The molecule has 68 valence electrons. The second-order valence-electron chi connectivity index (χ2n) is 3.39. The highest BCUT2D eigenvalue weighted by molar-refractivity contribution is 6.18. The van der Waals surface area contributed by atoms with Crippen LogP contribution in [0.15, 0.2) is 0 Å². The van der Waals surface area contributed by atoms with Gasteiger partial charge in [-0.2, -0.15) is 0 Å². The summed E-state index contributed by atoms with van der Waals surface area (Å²) in [6.07, 6.45) is 1.35. The molecular weight excluding hydrogens is 181 g/mol. The molecule has 0 saturated carbocycles. The number of halogens is 2. The van der Waals surface area contributed by atoms with Crippen molar-refractivity contribution >= 4 is 24.0 Å². The lowest BCUT2D eigenvalue weighted by Gasteiger charge is -2.21. The van der Waals surface area contributed by atoms with E-state index in [1.165, 1.54) is 19.5 Å². The lowest BCUT2D eigenvalue weighted by molar-refractivity contribution is 0.270. The molecule has 1 fully saturated rings. The SMILES string of the molecule is C[C@@H]1CCN([C@@H](C)CCl)C1.Cl. The number of likely N-dealkylation sites (tertiary alicyclic amines) is 1. The van der Waals surface area contributed by atoms with Gasteiger partial charge in [0.25, 0.3) is 0 Å². The van der Waals surface area contributed by atoms with Crippen molar-refractivity contribution in [3.05, 3.63) is 0 Å². The van der Waals surface area contributed by atoms with E-state index in [0.29, 0.717) is 6.04 Å². The quantitative estimate of drug-likeness (QED) is 0.615. The van der Waals surface area contributed by atoms with Crippen LogP contribution in [0.1, 0.15) is 20.3 Å². The van der Waals surface area contributed by atoms with Crippen LogP contribution in [-0.2, 0) is 0 Å². The third-order valence-electron chi connectivity index (χ3n) is 2.30. The van der Waals surface area contributed by atoms with Crippen LogP contribution in [0.2, 0.25) is 0 Å². The molecule has 1 heterocycles.